The highest BCUT2D eigenvalue weighted by Gasteiger charge is 2.32. The molecule has 26 heavy (non-hydrogen) atoms. The summed E-state index contributed by atoms with van der Waals surface area (Å²) in [5.74, 6) is -1.99. The highest BCUT2D eigenvalue weighted by atomic mass is 32.2. The number of carbonyl (C=O) groups is 2. The lowest BCUT2D eigenvalue weighted by molar-refractivity contribution is -0.158. The Kier molecular flexibility index (Phi) is 6.71. The standard InChI is InChI=1S/C17H23FN2O5S/c1-3-26(23,24)20-9-7-13(8-10-20)17(22)25-12(2)16(21)19-15-6-4-5-14(18)11-15/h4-6,11-13H,3,7-10H2,1-2H3,(H,19,21)/t12-/m1/s1. The summed E-state index contributed by atoms with van der Waals surface area (Å²) in [6.45, 7) is 3.54. The zero-order valence-electron chi connectivity index (χ0n) is 14.8. The van der Waals surface area contributed by atoms with Gasteiger partial charge in [0.2, 0.25) is 10.0 Å². The largest absolute Gasteiger partial charge is 0.452 e. The van der Waals surface area contributed by atoms with Gasteiger partial charge in [0.05, 0.1) is 11.7 Å². The van der Waals surface area contributed by atoms with E-state index < -0.39 is 39.7 Å². The molecule has 1 aliphatic heterocycles. The molecule has 1 fully saturated rings. The van der Waals surface area contributed by atoms with Gasteiger partial charge in [0.1, 0.15) is 5.82 Å². The van der Waals surface area contributed by atoms with E-state index in [0.717, 1.165) is 6.07 Å². The Morgan fingerprint density at radius 2 is 2.00 bits per heavy atom. The normalized spacial score (nSPS) is 17.5. The van der Waals surface area contributed by atoms with E-state index in [1.165, 1.54) is 29.4 Å². The van der Waals surface area contributed by atoms with Crippen molar-refractivity contribution in [2.45, 2.75) is 32.8 Å². The third kappa shape index (κ3) is 5.25. The summed E-state index contributed by atoms with van der Waals surface area (Å²) in [6, 6.07) is 5.40. The minimum Gasteiger partial charge on any atom is -0.452 e. The maximum absolute atomic E-state index is 13.1. The molecule has 0 aromatic heterocycles. The van der Waals surface area contributed by atoms with E-state index in [9.17, 15) is 22.4 Å². The van der Waals surface area contributed by atoms with Crippen LogP contribution in [0, 0.1) is 11.7 Å². The lowest BCUT2D eigenvalue weighted by Gasteiger charge is -2.30. The van der Waals surface area contributed by atoms with Gasteiger partial charge in [0, 0.05) is 18.8 Å². The smallest absolute Gasteiger partial charge is 0.309 e. The van der Waals surface area contributed by atoms with E-state index in [0.29, 0.717) is 12.8 Å². The van der Waals surface area contributed by atoms with Crippen LogP contribution in [-0.4, -0.2) is 49.5 Å². The van der Waals surface area contributed by atoms with Crippen LogP contribution in [0.3, 0.4) is 0 Å². The Balaban J connectivity index is 1.84. The van der Waals surface area contributed by atoms with Crippen LogP contribution in [0.2, 0.25) is 0 Å². The van der Waals surface area contributed by atoms with Gasteiger partial charge in [-0.25, -0.2) is 17.1 Å². The van der Waals surface area contributed by atoms with E-state index in [1.807, 2.05) is 0 Å². The second-order valence-corrected chi connectivity index (χ2v) is 8.41. The van der Waals surface area contributed by atoms with Crippen molar-refractivity contribution in [3.63, 3.8) is 0 Å². The van der Waals surface area contributed by atoms with Crippen LogP contribution in [0.5, 0.6) is 0 Å². The number of amides is 1. The van der Waals surface area contributed by atoms with E-state index in [4.69, 9.17) is 4.74 Å². The van der Waals surface area contributed by atoms with Gasteiger partial charge in [0.25, 0.3) is 5.91 Å². The Bertz CT molecular complexity index is 760. The molecule has 1 aliphatic rings. The molecule has 0 radical (unpaired) electrons. The third-order valence-corrected chi connectivity index (χ3v) is 6.18. The zero-order valence-corrected chi connectivity index (χ0v) is 15.6. The number of carbonyl (C=O) groups excluding carboxylic acids is 2. The minimum atomic E-state index is -3.26. The van der Waals surface area contributed by atoms with Crippen LogP contribution in [0.25, 0.3) is 0 Å². The monoisotopic (exact) mass is 386 g/mol. The maximum atomic E-state index is 13.1. The summed E-state index contributed by atoms with van der Waals surface area (Å²) in [5, 5.41) is 2.48. The molecule has 1 saturated heterocycles. The number of sulfonamides is 1. The molecule has 0 bridgehead atoms. The number of esters is 1. The van der Waals surface area contributed by atoms with Crippen molar-refractivity contribution in [1.29, 1.82) is 0 Å². The number of hydrogen-bond donors (Lipinski definition) is 1. The number of nitrogens with zero attached hydrogens (tertiary/aromatic N) is 1. The van der Waals surface area contributed by atoms with Crippen LogP contribution < -0.4 is 5.32 Å². The van der Waals surface area contributed by atoms with Crippen LogP contribution in [0.1, 0.15) is 26.7 Å². The lowest BCUT2D eigenvalue weighted by Crippen LogP contribution is -2.42. The molecule has 0 unspecified atom stereocenters. The maximum Gasteiger partial charge on any atom is 0.309 e. The van der Waals surface area contributed by atoms with Crippen LogP contribution in [0.15, 0.2) is 24.3 Å². The fourth-order valence-corrected chi connectivity index (χ4v) is 3.82. The molecular weight excluding hydrogens is 363 g/mol. The molecular formula is C17H23FN2O5S. The minimum absolute atomic E-state index is 0.0272. The van der Waals surface area contributed by atoms with Gasteiger partial charge in [-0.3, -0.25) is 9.59 Å². The first kappa shape index (κ1) is 20.3. The fourth-order valence-electron chi connectivity index (χ4n) is 2.69. The van der Waals surface area contributed by atoms with Crippen molar-refractivity contribution in [3.05, 3.63) is 30.1 Å². The first-order valence-corrected chi connectivity index (χ1v) is 10.1. The van der Waals surface area contributed by atoms with E-state index >= 15 is 0 Å². The SMILES string of the molecule is CCS(=O)(=O)N1CCC(C(=O)O[C@H](C)C(=O)Nc2cccc(F)c2)CC1. The van der Waals surface area contributed by atoms with Crippen LogP contribution in [-0.2, 0) is 24.3 Å². The van der Waals surface area contributed by atoms with E-state index in [1.54, 1.807) is 6.92 Å². The molecule has 7 nitrogen and oxygen atoms in total. The molecule has 144 valence electrons. The summed E-state index contributed by atoms with van der Waals surface area (Å²) in [4.78, 5) is 24.3. The molecule has 1 amide bonds. The van der Waals surface area contributed by atoms with Crippen LogP contribution >= 0.6 is 0 Å². The lowest BCUT2D eigenvalue weighted by atomic mass is 9.98. The van der Waals surface area contributed by atoms with Gasteiger partial charge in [-0.1, -0.05) is 6.07 Å². The molecule has 1 heterocycles. The molecule has 9 heteroatoms. The highest BCUT2D eigenvalue weighted by molar-refractivity contribution is 7.89. The van der Waals surface area contributed by atoms with Crippen LogP contribution in [0.4, 0.5) is 10.1 Å². The van der Waals surface area contributed by atoms with Gasteiger partial charge in [0.15, 0.2) is 6.10 Å². The summed E-state index contributed by atoms with van der Waals surface area (Å²) >= 11 is 0. The van der Waals surface area contributed by atoms with Crippen molar-refractivity contribution >= 4 is 27.6 Å². The Morgan fingerprint density at radius 1 is 1.35 bits per heavy atom. The second-order valence-electron chi connectivity index (χ2n) is 6.15. The number of hydrogen-bond acceptors (Lipinski definition) is 5. The molecule has 1 N–H and O–H groups in total. The van der Waals surface area contributed by atoms with Crippen molar-refractivity contribution < 1.29 is 27.1 Å². The molecule has 0 saturated carbocycles. The zero-order chi connectivity index (χ0) is 19.3. The highest BCUT2D eigenvalue weighted by Crippen LogP contribution is 2.22. The second kappa shape index (κ2) is 8.59. The predicted octanol–water partition coefficient (Wildman–Crippen LogP) is 1.76. The topological polar surface area (TPSA) is 92.8 Å². The Hall–Kier alpha value is -2.00. The van der Waals surface area contributed by atoms with Gasteiger partial charge in [-0.05, 0) is 44.9 Å². The van der Waals surface area contributed by atoms with Crippen molar-refractivity contribution in [2.75, 3.05) is 24.2 Å². The van der Waals surface area contributed by atoms with Gasteiger partial charge < -0.3 is 10.1 Å². The average molecular weight is 386 g/mol. The molecule has 2 rings (SSSR count). The number of nitrogens with one attached hydrogen (secondary N) is 1. The molecule has 1 aromatic rings. The molecule has 0 spiro atoms. The quantitative estimate of drug-likeness (QED) is 0.752. The predicted molar refractivity (Wildman–Crippen MR) is 94.3 cm³/mol. The number of benzene rings is 1. The van der Waals surface area contributed by atoms with E-state index in [2.05, 4.69) is 5.32 Å². The first-order valence-electron chi connectivity index (χ1n) is 8.47. The van der Waals surface area contributed by atoms with Gasteiger partial charge in [-0.15, -0.1) is 0 Å². The molecule has 1 aromatic carbocycles. The molecule has 0 aliphatic carbocycles. The fraction of sp³-hybridized carbons (Fsp3) is 0.529. The first-order chi connectivity index (χ1) is 12.2. The Labute approximate surface area is 152 Å². The summed E-state index contributed by atoms with van der Waals surface area (Å²) in [7, 11) is -3.26. The molecule has 1 atom stereocenters. The summed E-state index contributed by atoms with van der Waals surface area (Å²) in [6.07, 6.45) is -0.324. The Morgan fingerprint density at radius 3 is 2.58 bits per heavy atom. The van der Waals surface area contributed by atoms with Crippen molar-refractivity contribution in [2.24, 2.45) is 5.92 Å². The summed E-state index contributed by atoms with van der Waals surface area (Å²) < 4.78 is 43.3. The summed E-state index contributed by atoms with van der Waals surface area (Å²) in [5.41, 5.74) is 0.274. The van der Waals surface area contributed by atoms with Gasteiger partial charge >= 0.3 is 5.97 Å². The number of anilines is 1. The number of rotatable bonds is 6. The number of halogens is 1. The number of ether oxygens (including phenoxy) is 1. The van der Waals surface area contributed by atoms with Crippen molar-refractivity contribution in [1.82, 2.24) is 4.31 Å². The van der Waals surface area contributed by atoms with Gasteiger partial charge in [-0.2, -0.15) is 0 Å². The number of piperidine rings is 1. The van der Waals surface area contributed by atoms with Crippen molar-refractivity contribution in [3.8, 4) is 0 Å². The third-order valence-electron chi connectivity index (χ3n) is 4.30. The van der Waals surface area contributed by atoms with E-state index in [-0.39, 0.29) is 24.5 Å². The average Bonchev–Trinajstić information content (AvgIpc) is 2.61.